The van der Waals surface area contributed by atoms with Gasteiger partial charge in [-0.2, -0.15) is 0 Å². The molecule has 2 unspecified atom stereocenters. The number of benzene rings is 1. The van der Waals surface area contributed by atoms with Gasteiger partial charge in [0.2, 0.25) is 0 Å². The van der Waals surface area contributed by atoms with Gasteiger partial charge in [-0.25, -0.2) is 0 Å². The van der Waals surface area contributed by atoms with Crippen molar-refractivity contribution in [2.75, 3.05) is 13.1 Å². The molecule has 4 nitrogen and oxygen atoms in total. The average Bonchev–Trinajstić information content (AvgIpc) is 2.27. The number of nitro benzene ring substituents is 1. The van der Waals surface area contributed by atoms with E-state index in [1.54, 1.807) is 18.2 Å². The van der Waals surface area contributed by atoms with Crippen LogP contribution in [-0.2, 0) is 6.54 Å². The smallest absolute Gasteiger partial charge is 0.269 e. The Hall–Kier alpha value is -1.42. The van der Waals surface area contributed by atoms with E-state index in [1.165, 1.54) is 6.42 Å². The Morgan fingerprint density at radius 2 is 2.00 bits per heavy atom. The van der Waals surface area contributed by atoms with E-state index in [1.807, 2.05) is 6.07 Å². The predicted molar refractivity (Wildman–Crippen MR) is 71.3 cm³/mol. The highest BCUT2D eigenvalue weighted by Gasteiger charge is 2.21. The zero-order chi connectivity index (χ0) is 13.1. The summed E-state index contributed by atoms with van der Waals surface area (Å²) in [5.41, 5.74) is 1.22. The van der Waals surface area contributed by atoms with E-state index in [0.717, 1.165) is 25.2 Å². The summed E-state index contributed by atoms with van der Waals surface area (Å²) >= 11 is 0. The number of nitro groups is 1. The molecule has 0 aliphatic carbocycles. The van der Waals surface area contributed by atoms with E-state index in [0.29, 0.717) is 11.8 Å². The number of non-ortho nitro benzene ring substituents is 1. The summed E-state index contributed by atoms with van der Waals surface area (Å²) in [4.78, 5) is 12.8. The zero-order valence-electron chi connectivity index (χ0n) is 11.0. The number of nitrogens with zero attached hydrogens (tertiary/aromatic N) is 2. The molecule has 1 heterocycles. The minimum absolute atomic E-state index is 0.186. The van der Waals surface area contributed by atoms with Crippen molar-refractivity contribution in [1.82, 2.24) is 4.90 Å². The van der Waals surface area contributed by atoms with Gasteiger partial charge in [0.05, 0.1) is 4.92 Å². The van der Waals surface area contributed by atoms with Gasteiger partial charge in [0.1, 0.15) is 0 Å². The van der Waals surface area contributed by atoms with Crippen LogP contribution in [0.2, 0.25) is 0 Å². The van der Waals surface area contributed by atoms with Gasteiger partial charge in [-0.15, -0.1) is 0 Å². The highest BCUT2D eigenvalue weighted by atomic mass is 16.6. The number of rotatable bonds is 3. The van der Waals surface area contributed by atoms with Gasteiger partial charge in [-0.1, -0.05) is 26.0 Å². The van der Waals surface area contributed by atoms with Crippen LogP contribution in [0.3, 0.4) is 0 Å². The number of likely N-dealkylation sites (tertiary alicyclic amines) is 1. The Balaban J connectivity index is 2.04. The lowest BCUT2D eigenvalue weighted by atomic mass is 9.91. The molecule has 0 amide bonds. The van der Waals surface area contributed by atoms with Gasteiger partial charge in [0.15, 0.2) is 0 Å². The molecule has 98 valence electrons. The van der Waals surface area contributed by atoms with Crippen LogP contribution < -0.4 is 0 Å². The fourth-order valence-corrected chi connectivity index (χ4v) is 2.95. The van der Waals surface area contributed by atoms with E-state index in [-0.39, 0.29) is 10.6 Å². The molecule has 2 rings (SSSR count). The standard InChI is InChI=1S/C14H20N2O2/c1-11-6-12(2)9-15(8-11)10-13-4-3-5-14(7-13)16(17)18/h3-5,7,11-12H,6,8-10H2,1-2H3. The zero-order valence-corrected chi connectivity index (χ0v) is 11.0. The van der Waals surface area contributed by atoms with Gasteiger partial charge in [0, 0.05) is 31.8 Å². The summed E-state index contributed by atoms with van der Waals surface area (Å²) in [5.74, 6) is 1.43. The first-order valence-electron chi connectivity index (χ1n) is 6.50. The van der Waals surface area contributed by atoms with Gasteiger partial charge in [-0.3, -0.25) is 15.0 Å². The van der Waals surface area contributed by atoms with Crippen molar-refractivity contribution in [2.24, 2.45) is 11.8 Å². The van der Waals surface area contributed by atoms with Crippen molar-refractivity contribution in [2.45, 2.75) is 26.8 Å². The van der Waals surface area contributed by atoms with Crippen molar-refractivity contribution in [3.05, 3.63) is 39.9 Å². The Bertz CT molecular complexity index is 424. The monoisotopic (exact) mass is 248 g/mol. The molecule has 0 aromatic heterocycles. The molecule has 1 aliphatic heterocycles. The predicted octanol–water partition coefficient (Wildman–Crippen LogP) is 3.07. The van der Waals surface area contributed by atoms with Gasteiger partial charge in [0.25, 0.3) is 5.69 Å². The molecular weight excluding hydrogens is 228 g/mol. The molecule has 1 aromatic carbocycles. The molecule has 4 heteroatoms. The quantitative estimate of drug-likeness (QED) is 0.610. The maximum Gasteiger partial charge on any atom is 0.269 e. The Kier molecular flexibility index (Phi) is 3.97. The summed E-state index contributed by atoms with van der Waals surface area (Å²) in [6.45, 7) is 7.54. The largest absolute Gasteiger partial charge is 0.299 e. The molecular formula is C14H20N2O2. The number of hydrogen-bond donors (Lipinski definition) is 0. The van der Waals surface area contributed by atoms with E-state index in [4.69, 9.17) is 0 Å². The lowest BCUT2D eigenvalue weighted by molar-refractivity contribution is -0.384. The van der Waals surface area contributed by atoms with E-state index in [2.05, 4.69) is 18.7 Å². The summed E-state index contributed by atoms with van der Waals surface area (Å²) in [5, 5.41) is 10.7. The van der Waals surface area contributed by atoms with Gasteiger partial charge < -0.3 is 0 Å². The van der Waals surface area contributed by atoms with Crippen LogP contribution in [-0.4, -0.2) is 22.9 Å². The molecule has 1 aliphatic rings. The first kappa shape index (κ1) is 13.0. The third-order valence-corrected chi connectivity index (χ3v) is 3.47. The van der Waals surface area contributed by atoms with Crippen molar-refractivity contribution in [3.63, 3.8) is 0 Å². The van der Waals surface area contributed by atoms with Crippen molar-refractivity contribution < 1.29 is 4.92 Å². The fraction of sp³-hybridized carbons (Fsp3) is 0.571. The van der Waals surface area contributed by atoms with Crippen LogP contribution in [0.25, 0.3) is 0 Å². The van der Waals surface area contributed by atoms with Crippen LogP contribution in [0.15, 0.2) is 24.3 Å². The minimum Gasteiger partial charge on any atom is -0.299 e. The van der Waals surface area contributed by atoms with Crippen LogP contribution >= 0.6 is 0 Å². The second-order valence-electron chi connectivity index (χ2n) is 5.57. The molecule has 1 saturated heterocycles. The number of hydrogen-bond acceptors (Lipinski definition) is 3. The van der Waals surface area contributed by atoms with Crippen LogP contribution in [0.4, 0.5) is 5.69 Å². The molecule has 18 heavy (non-hydrogen) atoms. The second-order valence-corrected chi connectivity index (χ2v) is 5.57. The third-order valence-electron chi connectivity index (χ3n) is 3.47. The molecule has 0 N–H and O–H groups in total. The van der Waals surface area contributed by atoms with Crippen LogP contribution in [0.5, 0.6) is 0 Å². The lowest BCUT2D eigenvalue weighted by Crippen LogP contribution is -2.38. The van der Waals surface area contributed by atoms with Crippen molar-refractivity contribution in [1.29, 1.82) is 0 Å². The fourth-order valence-electron chi connectivity index (χ4n) is 2.95. The average molecular weight is 248 g/mol. The molecule has 0 bridgehead atoms. The highest BCUT2D eigenvalue weighted by molar-refractivity contribution is 5.34. The summed E-state index contributed by atoms with van der Waals surface area (Å²) < 4.78 is 0. The summed E-state index contributed by atoms with van der Waals surface area (Å²) in [7, 11) is 0. The van der Waals surface area contributed by atoms with Crippen molar-refractivity contribution >= 4 is 5.69 Å². The van der Waals surface area contributed by atoms with Gasteiger partial charge in [-0.05, 0) is 23.8 Å². The topological polar surface area (TPSA) is 46.4 Å². The molecule has 0 spiro atoms. The van der Waals surface area contributed by atoms with E-state index < -0.39 is 0 Å². The van der Waals surface area contributed by atoms with E-state index >= 15 is 0 Å². The summed E-state index contributed by atoms with van der Waals surface area (Å²) in [6.07, 6.45) is 1.28. The minimum atomic E-state index is -0.328. The molecule has 2 atom stereocenters. The van der Waals surface area contributed by atoms with Gasteiger partial charge >= 0.3 is 0 Å². The first-order chi connectivity index (χ1) is 8.54. The van der Waals surface area contributed by atoms with E-state index in [9.17, 15) is 10.1 Å². The third kappa shape index (κ3) is 3.29. The van der Waals surface area contributed by atoms with Crippen molar-refractivity contribution in [3.8, 4) is 0 Å². The molecule has 0 saturated carbocycles. The molecule has 1 aromatic rings. The number of piperidine rings is 1. The molecule has 0 radical (unpaired) electrons. The lowest BCUT2D eigenvalue weighted by Gasteiger charge is -2.34. The maximum atomic E-state index is 10.7. The summed E-state index contributed by atoms with van der Waals surface area (Å²) in [6, 6.07) is 6.97. The normalized spacial score (nSPS) is 25.0. The van der Waals surface area contributed by atoms with Crippen LogP contribution in [0, 0.1) is 22.0 Å². The second kappa shape index (κ2) is 5.48. The maximum absolute atomic E-state index is 10.7. The van der Waals surface area contributed by atoms with Crippen LogP contribution in [0.1, 0.15) is 25.8 Å². The molecule has 1 fully saturated rings. The first-order valence-corrected chi connectivity index (χ1v) is 6.50. The Labute approximate surface area is 108 Å². The SMILES string of the molecule is CC1CC(C)CN(Cc2cccc([N+](=O)[O-])c2)C1. The Morgan fingerprint density at radius 3 is 2.61 bits per heavy atom. The highest BCUT2D eigenvalue weighted by Crippen LogP contribution is 2.23. The Morgan fingerprint density at radius 1 is 1.33 bits per heavy atom.